The molecule has 0 saturated carbocycles. The number of aromatic nitrogens is 2. The molecular weight excluding hydrogens is 330 g/mol. The van der Waals surface area contributed by atoms with E-state index < -0.39 is 0 Å². The molecule has 1 amide bonds. The van der Waals surface area contributed by atoms with E-state index in [0.29, 0.717) is 36.4 Å². The zero-order valence-electron chi connectivity index (χ0n) is 13.1. The molecule has 1 N–H and O–H groups in total. The number of benzene rings is 1. The van der Waals surface area contributed by atoms with Crippen molar-refractivity contribution in [2.75, 3.05) is 6.61 Å². The third-order valence-corrected chi connectivity index (χ3v) is 4.67. The number of ether oxygens (including phenoxy) is 1. The standard InChI is InChI=1S/C16H16ClN5O2/c1-10-15(23)20-16-19-12-2-3-13(14(17)11(12)8-22(10)16)24-7-6-21-5-4-18-9-21/h2-5,9-10H,6-8H2,1H3,(H,19,20,23). The number of fused-ring (bicyclic) bond motifs is 2. The van der Waals surface area contributed by atoms with Crippen LogP contribution in [0.5, 0.6) is 5.75 Å². The highest BCUT2D eigenvalue weighted by Gasteiger charge is 2.36. The minimum Gasteiger partial charge on any atom is -0.490 e. The second-order valence-electron chi connectivity index (χ2n) is 5.75. The maximum absolute atomic E-state index is 11.8. The van der Waals surface area contributed by atoms with Gasteiger partial charge in [-0.3, -0.25) is 10.1 Å². The van der Waals surface area contributed by atoms with E-state index in [0.717, 1.165) is 11.3 Å². The first-order valence-corrected chi connectivity index (χ1v) is 8.07. The summed E-state index contributed by atoms with van der Waals surface area (Å²) in [6.45, 7) is 3.56. The average molecular weight is 346 g/mol. The van der Waals surface area contributed by atoms with Gasteiger partial charge in [-0.05, 0) is 19.1 Å². The maximum atomic E-state index is 11.8. The maximum Gasteiger partial charge on any atom is 0.249 e. The molecule has 4 rings (SSSR count). The van der Waals surface area contributed by atoms with Gasteiger partial charge in [0, 0.05) is 18.0 Å². The summed E-state index contributed by atoms with van der Waals surface area (Å²) in [4.78, 5) is 22.2. The molecule has 3 heterocycles. The van der Waals surface area contributed by atoms with E-state index in [2.05, 4.69) is 15.3 Å². The van der Waals surface area contributed by atoms with Crippen molar-refractivity contribution in [3.05, 3.63) is 41.4 Å². The van der Waals surface area contributed by atoms with Crippen LogP contribution in [0.15, 0.2) is 35.8 Å². The van der Waals surface area contributed by atoms with Gasteiger partial charge in [0.05, 0.1) is 30.1 Å². The zero-order chi connectivity index (χ0) is 16.7. The van der Waals surface area contributed by atoms with Gasteiger partial charge >= 0.3 is 0 Å². The first kappa shape index (κ1) is 15.0. The summed E-state index contributed by atoms with van der Waals surface area (Å²) < 4.78 is 7.74. The molecule has 1 fully saturated rings. The summed E-state index contributed by atoms with van der Waals surface area (Å²) in [5.41, 5.74) is 1.64. The Morgan fingerprint density at radius 1 is 1.46 bits per heavy atom. The number of carbonyl (C=O) groups excluding carboxylic acids is 1. The van der Waals surface area contributed by atoms with Crippen molar-refractivity contribution < 1.29 is 9.53 Å². The number of guanidine groups is 1. The van der Waals surface area contributed by atoms with E-state index in [9.17, 15) is 4.79 Å². The summed E-state index contributed by atoms with van der Waals surface area (Å²) in [5.74, 6) is 1.17. The van der Waals surface area contributed by atoms with Crippen LogP contribution in [-0.2, 0) is 17.9 Å². The van der Waals surface area contributed by atoms with Crippen LogP contribution in [0.1, 0.15) is 12.5 Å². The highest BCUT2D eigenvalue weighted by molar-refractivity contribution is 6.33. The number of imidazole rings is 1. The molecular formula is C16H16ClN5O2. The lowest BCUT2D eigenvalue weighted by Gasteiger charge is -2.27. The molecule has 124 valence electrons. The number of hydrogen-bond donors (Lipinski definition) is 1. The van der Waals surface area contributed by atoms with E-state index in [1.54, 1.807) is 12.5 Å². The summed E-state index contributed by atoms with van der Waals surface area (Å²) in [6, 6.07) is 3.43. The van der Waals surface area contributed by atoms with Gasteiger partial charge in [0.1, 0.15) is 18.4 Å². The Morgan fingerprint density at radius 2 is 2.33 bits per heavy atom. The fourth-order valence-electron chi connectivity index (χ4n) is 2.84. The SMILES string of the molecule is CC1C(=O)NC2=Nc3ccc(OCCn4ccnc4)c(Cl)c3CN21. The fourth-order valence-corrected chi connectivity index (χ4v) is 3.11. The predicted molar refractivity (Wildman–Crippen MR) is 89.4 cm³/mol. The zero-order valence-corrected chi connectivity index (χ0v) is 13.8. The lowest BCUT2D eigenvalue weighted by atomic mass is 10.1. The van der Waals surface area contributed by atoms with Crippen molar-refractivity contribution in [1.82, 2.24) is 19.8 Å². The van der Waals surface area contributed by atoms with Gasteiger partial charge in [-0.1, -0.05) is 11.6 Å². The Balaban J connectivity index is 1.53. The topological polar surface area (TPSA) is 71.7 Å². The number of nitrogens with one attached hydrogen (secondary N) is 1. The highest BCUT2D eigenvalue weighted by atomic mass is 35.5. The Labute approximate surface area is 143 Å². The van der Waals surface area contributed by atoms with Crippen molar-refractivity contribution in [1.29, 1.82) is 0 Å². The van der Waals surface area contributed by atoms with Gasteiger partial charge in [-0.2, -0.15) is 0 Å². The molecule has 1 aromatic heterocycles. The van der Waals surface area contributed by atoms with Crippen molar-refractivity contribution in [3.8, 4) is 5.75 Å². The Bertz CT molecular complexity index is 818. The molecule has 2 aromatic rings. The number of aliphatic imine (C=N–C) groups is 1. The van der Waals surface area contributed by atoms with Crippen molar-refractivity contribution in [2.45, 2.75) is 26.1 Å². The minimum atomic E-state index is -0.251. The second kappa shape index (κ2) is 5.83. The summed E-state index contributed by atoms with van der Waals surface area (Å²) in [7, 11) is 0. The van der Waals surface area contributed by atoms with Crippen LogP contribution in [0, 0.1) is 0 Å². The van der Waals surface area contributed by atoms with Crippen LogP contribution in [0.3, 0.4) is 0 Å². The van der Waals surface area contributed by atoms with Gasteiger partial charge in [0.15, 0.2) is 0 Å². The minimum absolute atomic E-state index is 0.0468. The summed E-state index contributed by atoms with van der Waals surface area (Å²) >= 11 is 6.52. The lowest BCUT2D eigenvalue weighted by molar-refractivity contribution is -0.121. The third kappa shape index (κ3) is 2.50. The monoisotopic (exact) mass is 345 g/mol. The van der Waals surface area contributed by atoms with Gasteiger partial charge in [-0.25, -0.2) is 9.98 Å². The van der Waals surface area contributed by atoms with E-state index in [1.165, 1.54) is 0 Å². The Hall–Kier alpha value is -2.54. The summed E-state index contributed by atoms with van der Waals surface area (Å²) in [5, 5.41) is 3.33. The van der Waals surface area contributed by atoms with E-state index >= 15 is 0 Å². The van der Waals surface area contributed by atoms with Crippen LogP contribution in [0.4, 0.5) is 5.69 Å². The molecule has 0 aliphatic carbocycles. The van der Waals surface area contributed by atoms with Crippen molar-refractivity contribution >= 4 is 29.2 Å². The van der Waals surface area contributed by atoms with E-state index in [1.807, 2.05) is 34.7 Å². The summed E-state index contributed by atoms with van der Waals surface area (Å²) in [6.07, 6.45) is 5.35. The quantitative estimate of drug-likeness (QED) is 0.919. The number of carbonyl (C=O) groups is 1. The second-order valence-corrected chi connectivity index (χ2v) is 6.13. The molecule has 0 spiro atoms. The molecule has 0 radical (unpaired) electrons. The molecule has 24 heavy (non-hydrogen) atoms. The normalized spacial score (nSPS) is 18.8. The number of amides is 1. The fraction of sp³-hybridized carbons (Fsp3) is 0.312. The molecule has 1 aromatic carbocycles. The van der Waals surface area contributed by atoms with E-state index in [-0.39, 0.29) is 11.9 Å². The largest absolute Gasteiger partial charge is 0.490 e. The van der Waals surface area contributed by atoms with Gasteiger partial charge in [0.25, 0.3) is 0 Å². The first-order chi connectivity index (χ1) is 11.6. The number of rotatable bonds is 4. The van der Waals surface area contributed by atoms with Crippen LogP contribution in [0.25, 0.3) is 0 Å². The van der Waals surface area contributed by atoms with Crippen LogP contribution < -0.4 is 10.1 Å². The van der Waals surface area contributed by atoms with Crippen molar-refractivity contribution in [2.24, 2.45) is 4.99 Å². The van der Waals surface area contributed by atoms with Gasteiger partial charge in [-0.15, -0.1) is 0 Å². The van der Waals surface area contributed by atoms with Gasteiger partial charge < -0.3 is 14.2 Å². The third-order valence-electron chi connectivity index (χ3n) is 4.26. The van der Waals surface area contributed by atoms with Crippen LogP contribution >= 0.6 is 11.6 Å². The van der Waals surface area contributed by atoms with Crippen LogP contribution in [0.2, 0.25) is 5.02 Å². The molecule has 8 heteroatoms. The number of nitrogens with zero attached hydrogens (tertiary/aromatic N) is 4. The van der Waals surface area contributed by atoms with Crippen molar-refractivity contribution in [3.63, 3.8) is 0 Å². The van der Waals surface area contributed by atoms with Crippen LogP contribution in [-0.4, -0.2) is 39.0 Å². The molecule has 1 unspecified atom stereocenters. The Morgan fingerprint density at radius 3 is 3.12 bits per heavy atom. The molecule has 0 bridgehead atoms. The number of hydrogen-bond acceptors (Lipinski definition) is 5. The number of halogens is 1. The molecule has 1 atom stereocenters. The predicted octanol–water partition coefficient (Wildman–Crippen LogP) is 1.94. The highest BCUT2D eigenvalue weighted by Crippen LogP contribution is 2.39. The Kier molecular flexibility index (Phi) is 3.65. The van der Waals surface area contributed by atoms with E-state index in [4.69, 9.17) is 16.3 Å². The first-order valence-electron chi connectivity index (χ1n) is 7.69. The lowest BCUT2D eigenvalue weighted by Crippen LogP contribution is -2.35. The van der Waals surface area contributed by atoms with Gasteiger partial charge in [0.2, 0.25) is 11.9 Å². The smallest absolute Gasteiger partial charge is 0.249 e. The molecule has 7 nitrogen and oxygen atoms in total. The molecule has 1 saturated heterocycles. The molecule has 2 aliphatic rings. The average Bonchev–Trinajstić information content (AvgIpc) is 3.18. The molecule has 2 aliphatic heterocycles.